The van der Waals surface area contributed by atoms with Crippen LogP contribution in [0.4, 0.5) is 0 Å². The number of ketones is 4. The second kappa shape index (κ2) is 22.7. The van der Waals surface area contributed by atoms with Crippen LogP contribution in [0.5, 0.6) is 23.0 Å². The minimum Gasteiger partial charge on any atom is -0.542 e. The van der Waals surface area contributed by atoms with Crippen LogP contribution < -0.4 is 8.85 Å². The Balaban J connectivity index is 0.000000184. The highest BCUT2D eigenvalue weighted by Gasteiger charge is 2.50. The molecule has 0 bridgehead atoms. The molecule has 0 saturated carbocycles. The van der Waals surface area contributed by atoms with Gasteiger partial charge in [-0.15, -0.1) is 0 Å². The lowest BCUT2D eigenvalue weighted by Gasteiger charge is -2.42. The van der Waals surface area contributed by atoms with Gasteiger partial charge in [-0.25, -0.2) is 0 Å². The van der Waals surface area contributed by atoms with Crippen molar-refractivity contribution in [2.75, 3.05) is 0 Å². The molecule has 0 spiro atoms. The number of benzene rings is 4. The first-order valence-electron chi connectivity index (χ1n) is 25.5. The van der Waals surface area contributed by atoms with Gasteiger partial charge in [0, 0.05) is 43.8 Å². The number of hydrogen-bond acceptors (Lipinski definition) is 8. The van der Waals surface area contributed by atoms with Crippen molar-refractivity contribution in [3.63, 3.8) is 0 Å². The van der Waals surface area contributed by atoms with Gasteiger partial charge in [-0.2, -0.15) is 0 Å². The van der Waals surface area contributed by atoms with Gasteiger partial charge in [0.1, 0.15) is 23.0 Å². The number of fused-ring (bicyclic) bond motifs is 4. The van der Waals surface area contributed by atoms with Gasteiger partial charge >= 0.3 is 0 Å². The Bertz CT molecular complexity index is 2700. The van der Waals surface area contributed by atoms with Crippen molar-refractivity contribution in [2.24, 2.45) is 10.8 Å². The maximum absolute atomic E-state index is 13.0. The van der Waals surface area contributed by atoms with Crippen molar-refractivity contribution in [1.29, 1.82) is 0 Å². The van der Waals surface area contributed by atoms with E-state index < -0.39 is 27.5 Å². The molecule has 8 nitrogen and oxygen atoms in total. The Labute approximate surface area is 451 Å². The molecule has 0 heterocycles. The lowest BCUT2D eigenvalue weighted by atomic mass is 9.89. The zero-order chi connectivity index (χ0) is 54.3. The molecule has 72 heavy (non-hydrogen) atoms. The number of phenols is 2. The fraction of sp³-hybridized carbons (Fsp3) is 0.517. The van der Waals surface area contributed by atoms with Gasteiger partial charge in [0.25, 0.3) is 16.6 Å². The quantitative estimate of drug-likeness (QED) is 0.150. The molecule has 8 rings (SSSR count). The molecule has 4 aliphatic carbocycles. The lowest BCUT2D eigenvalue weighted by molar-refractivity contribution is 0.0855. The van der Waals surface area contributed by atoms with E-state index in [1.54, 1.807) is 12.1 Å². The van der Waals surface area contributed by atoms with E-state index in [1.807, 2.05) is 52.0 Å². The van der Waals surface area contributed by atoms with E-state index in [9.17, 15) is 29.4 Å². The van der Waals surface area contributed by atoms with E-state index >= 15 is 0 Å². The van der Waals surface area contributed by atoms with Gasteiger partial charge in [0.2, 0.25) is 0 Å². The van der Waals surface area contributed by atoms with Crippen LogP contribution in [0.1, 0.15) is 187 Å². The van der Waals surface area contributed by atoms with Crippen LogP contribution in [-0.4, -0.2) is 50.0 Å². The molecule has 0 amide bonds. The molecule has 0 radical (unpaired) electrons. The van der Waals surface area contributed by atoms with Crippen LogP contribution in [0, 0.1) is 10.8 Å². The first-order valence-corrected chi connectivity index (χ1v) is 31.3. The minimum atomic E-state index is -2.10. The second-order valence-corrected chi connectivity index (χ2v) is 35.5. The van der Waals surface area contributed by atoms with E-state index in [0.717, 1.165) is 51.3 Å². The number of rotatable bonds is 10. The molecule has 392 valence electrons. The topological polar surface area (TPSA) is 127 Å². The predicted octanol–water partition coefficient (Wildman–Crippen LogP) is 17.7. The molecule has 4 aromatic carbocycles. The summed E-state index contributed by atoms with van der Waals surface area (Å²) in [5.41, 5.74) is 7.81. The predicted molar refractivity (Wildman–Crippen MR) is 301 cm³/mol. The number of hydrogen-bond donors (Lipinski definition) is 2. The third-order valence-electron chi connectivity index (χ3n) is 15.6. The number of halogens is 4. The Hall–Kier alpha value is -3.65. The normalized spacial score (nSPS) is 16.4. The summed E-state index contributed by atoms with van der Waals surface area (Å²) in [6.07, 6.45) is 3.71. The highest BCUT2D eigenvalue weighted by molar-refractivity contribution is 6.79. The summed E-state index contributed by atoms with van der Waals surface area (Å²) in [4.78, 5) is 48.4. The summed E-state index contributed by atoms with van der Waals surface area (Å²) in [6, 6.07) is 13.8. The smallest absolute Gasteiger partial charge is 0.258 e. The number of Topliss-reactive ketones (excluding diaryl/α,β-unsaturated/α-hetero) is 4. The van der Waals surface area contributed by atoms with Crippen molar-refractivity contribution in [2.45, 2.75) is 183 Å². The molecular weight excluding hydrogens is 1020 g/mol. The molecule has 0 unspecified atom stereocenters. The zero-order valence-corrected chi connectivity index (χ0v) is 50.2. The molecule has 2 N–H and O–H groups in total. The van der Waals surface area contributed by atoms with Crippen LogP contribution in [0.3, 0.4) is 0 Å². The standard InChI is InChI=1S/C20H31ClO2Si.C18H27ClO2Si.C11H11ClO2.C9H7ClO2/c1-12(2)24(13(3)4,14(5)6)23-17-10-9-16(21)15-11-20(7,8)19(22)18(15)17;1-11(2)22(12(3)4,13(5)6)21-17-10-8-15(19)14-7-9-16(20)18(14)17;1-11(2)5-6-7(12)3-4-8(13)9(6)10(11)14;10-6-2-4-8(12)9-5(6)1-3-7(9)11/h9-10,12-14H,11H2,1-8H3;8,10-13H,7,9H2,1-6H3;3-4,13H,5H2,1-2H3;2,4,12H,1,3H2. The van der Waals surface area contributed by atoms with E-state index in [4.69, 9.17) is 55.3 Å². The van der Waals surface area contributed by atoms with E-state index in [0.29, 0.717) is 96.6 Å². The summed E-state index contributed by atoms with van der Waals surface area (Å²) in [5.74, 6) is 1.92. The average molecular weight is 1100 g/mol. The third kappa shape index (κ3) is 11.3. The number of aromatic hydroxyl groups is 2. The van der Waals surface area contributed by atoms with Gasteiger partial charge in [-0.3, -0.25) is 19.2 Å². The van der Waals surface area contributed by atoms with Gasteiger partial charge in [0.15, 0.2) is 23.1 Å². The largest absolute Gasteiger partial charge is 0.542 e. The molecule has 0 saturated heterocycles. The van der Waals surface area contributed by atoms with Gasteiger partial charge in [-0.05, 0) is 130 Å². The van der Waals surface area contributed by atoms with Gasteiger partial charge < -0.3 is 19.1 Å². The van der Waals surface area contributed by atoms with Crippen molar-refractivity contribution in [3.8, 4) is 23.0 Å². The molecule has 14 heteroatoms. The van der Waals surface area contributed by atoms with Crippen molar-refractivity contribution in [3.05, 3.63) is 113 Å². The van der Waals surface area contributed by atoms with Crippen molar-refractivity contribution >= 4 is 86.2 Å². The monoisotopic (exact) mass is 1100 g/mol. The SMILES string of the molecule is CC(C)[Si](Oc1ccc(Cl)c2c1C(=O)C(C)(C)C2)(C(C)C)C(C)C.CC(C)[Si](Oc1ccc(Cl)c2c1C(=O)CC2)(C(C)C)C(C)C.CC1(C)Cc2c(Cl)ccc(O)c2C1=O.O=C1CCc2c(Cl)ccc(O)c21. The molecule has 4 aliphatic rings. The Morgan fingerprint density at radius 3 is 1.07 bits per heavy atom. The first-order chi connectivity index (χ1) is 33.3. The highest BCUT2D eigenvalue weighted by atomic mass is 35.5. The summed E-state index contributed by atoms with van der Waals surface area (Å²) in [6.45, 7) is 34.8. The molecule has 4 aromatic rings. The van der Waals surface area contributed by atoms with Crippen LogP contribution in [-0.2, 0) is 25.7 Å². The maximum atomic E-state index is 13.0. The van der Waals surface area contributed by atoms with E-state index in [-0.39, 0.29) is 34.6 Å². The molecule has 0 aliphatic heterocycles. The van der Waals surface area contributed by atoms with E-state index in [2.05, 4.69) is 83.1 Å². The van der Waals surface area contributed by atoms with Crippen LogP contribution in [0.2, 0.25) is 53.3 Å². The van der Waals surface area contributed by atoms with Crippen molar-refractivity contribution in [1.82, 2.24) is 0 Å². The summed E-state index contributed by atoms with van der Waals surface area (Å²) >= 11 is 24.5. The highest BCUT2D eigenvalue weighted by Crippen LogP contribution is 2.50. The van der Waals surface area contributed by atoms with Crippen LogP contribution in [0.25, 0.3) is 0 Å². The number of phenolic OH excluding ortho intramolecular Hbond substituents is 2. The lowest BCUT2D eigenvalue weighted by Crippen LogP contribution is -2.51. The third-order valence-corrected chi connectivity index (χ3v) is 29.0. The fourth-order valence-electron chi connectivity index (χ4n) is 12.1. The van der Waals surface area contributed by atoms with Crippen LogP contribution >= 0.6 is 46.4 Å². The van der Waals surface area contributed by atoms with E-state index in [1.165, 1.54) is 12.1 Å². The fourth-order valence-corrected chi connectivity index (χ4v) is 23.6. The van der Waals surface area contributed by atoms with Gasteiger partial charge in [0.05, 0.1) is 22.3 Å². The Kier molecular flexibility index (Phi) is 18.7. The minimum absolute atomic E-state index is 0.00926. The average Bonchev–Trinajstić information content (AvgIpc) is 4.01. The maximum Gasteiger partial charge on any atom is 0.258 e. The van der Waals surface area contributed by atoms with Crippen LogP contribution in [0.15, 0.2) is 48.5 Å². The number of carbonyl (C=O) groups excluding carboxylic acids is 4. The zero-order valence-electron chi connectivity index (χ0n) is 45.2. The molecule has 0 fully saturated rings. The second-order valence-electron chi connectivity index (χ2n) is 23.1. The summed E-state index contributed by atoms with van der Waals surface area (Å²) in [5, 5.41) is 21.4. The molecule has 0 atom stereocenters. The summed E-state index contributed by atoms with van der Waals surface area (Å²) in [7, 11) is -4.15. The number of carbonyl (C=O) groups is 4. The molecule has 0 aromatic heterocycles. The summed E-state index contributed by atoms with van der Waals surface area (Å²) < 4.78 is 13.5. The Morgan fingerprint density at radius 2 is 0.708 bits per heavy atom. The molecular formula is C58H76Cl4O8Si2. The van der Waals surface area contributed by atoms with Gasteiger partial charge in [-0.1, -0.05) is 157 Å². The first kappa shape index (κ1) is 59.2. The Morgan fingerprint density at radius 1 is 0.417 bits per heavy atom. The van der Waals surface area contributed by atoms with Crippen molar-refractivity contribution < 1.29 is 38.2 Å².